The summed E-state index contributed by atoms with van der Waals surface area (Å²) in [6.07, 6.45) is 4.35. The number of nitrogens with zero attached hydrogens (tertiary/aromatic N) is 6. The van der Waals surface area contributed by atoms with E-state index in [9.17, 15) is 4.79 Å². The summed E-state index contributed by atoms with van der Waals surface area (Å²) in [4.78, 5) is 29.8. The van der Waals surface area contributed by atoms with Crippen molar-refractivity contribution in [3.05, 3.63) is 59.9 Å². The summed E-state index contributed by atoms with van der Waals surface area (Å²) in [5.74, 6) is 1.66. The van der Waals surface area contributed by atoms with Crippen molar-refractivity contribution in [2.45, 2.75) is 27.2 Å². The standard InChI is InChI=1S/C22H27N7O/c1-4-18-5-7-19(8-6-18)26-22(30)28-11-9-27(10-12-28)20-13-21(24-14-23-20)29-15-25-16(2)17(29)3/h5-8,13-15H,4,9-12H2,1-3H3,(H,26,30). The first-order chi connectivity index (χ1) is 14.5. The van der Waals surface area contributed by atoms with Gasteiger partial charge in [0.25, 0.3) is 0 Å². The highest BCUT2D eigenvalue weighted by Gasteiger charge is 2.22. The second-order valence-corrected chi connectivity index (χ2v) is 7.47. The van der Waals surface area contributed by atoms with Crippen LogP contribution in [0.25, 0.3) is 5.82 Å². The number of urea groups is 1. The van der Waals surface area contributed by atoms with Crippen molar-refractivity contribution in [3.8, 4) is 5.82 Å². The molecular weight excluding hydrogens is 378 g/mol. The molecule has 4 rings (SSSR count). The molecule has 8 nitrogen and oxygen atoms in total. The van der Waals surface area contributed by atoms with Crippen molar-refractivity contribution >= 4 is 17.5 Å². The molecule has 0 unspecified atom stereocenters. The molecule has 2 aromatic heterocycles. The highest BCUT2D eigenvalue weighted by Crippen LogP contribution is 2.19. The van der Waals surface area contributed by atoms with Gasteiger partial charge in [-0.2, -0.15) is 0 Å². The summed E-state index contributed by atoms with van der Waals surface area (Å²) in [5, 5.41) is 2.99. The van der Waals surface area contributed by atoms with Crippen LogP contribution in [-0.4, -0.2) is 56.6 Å². The maximum atomic E-state index is 12.6. The fourth-order valence-corrected chi connectivity index (χ4v) is 3.54. The van der Waals surface area contributed by atoms with Crippen LogP contribution in [0.1, 0.15) is 23.9 Å². The smallest absolute Gasteiger partial charge is 0.321 e. The van der Waals surface area contributed by atoms with Crippen molar-refractivity contribution < 1.29 is 4.79 Å². The Kier molecular flexibility index (Phi) is 5.65. The molecular formula is C22H27N7O. The first kappa shape index (κ1) is 19.9. The first-order valence-corrected chi connectivity index (χ1v) is 10.3. The van der Waals surface area contributed by atoms with E-state index in [1.807, 2.05) is 53.6 Å². The van der Waals surface area contributed by atoms with E-state index in [0.717, 1.165) is 48.2 Å². The van der Waals surface area contributed by atoms with Crippen molar-refractivity contribution in [1.29, 1.82) is 0 Å². The fraction of sp³-hybridized carbons (Fsp3) is 0.364. The minimum absolute atomic E-state index is 0.0632. The molecule has 156 valence electrons. The maximum Gasteiger partial charge on any atom is 0.321 e. The van der Waals surface area contributed by atoms with Crippen LogP contribution in [0, 0.1) is 13.8 Å². The number of rotatable bonds is 4. The fourth-order valence-electron chi connectivity index (χ4n) is 3.54. The monoisotopic (exact) mass is 405 g/mol. The number of carbonyl (C=O) groups excluding carboxylic acids is 1. The number of imidazole rings is 1. The van der Waals surface area contributed by atoms with E-state index in [0.29, 0.717) is 13.1 Å². The first-order valence-electron chi connectivity index (χ1n) is 10.3. The molecule has 1 aromatic carbocycles. The number of anilines is 2. The van der Waals surface area contributed by atoms with Gasteiger partial charge in [0.1, 0.15) is 24.3 Å². The summed E-state index contributed by atoms with van der Waals surface area (Å²) in [7, 11) is 0. The Balaban J connectivity index is 1.38. The van der Waals surface area contributed by atoms with Crippen LogP contribution in [-0.2, 0) is 6.42 Å². The van der Waals surface area contributed by atoms with Crippen molar-refractivity contribution in [3.63, 3.8) is 0 Å². The number of hydrogen-bond donors (Lipinski definition) is 1. The lowest BCUT2D eigenvalue weighted by molar-refractivity contribution is 0.208. The third-order valence-electron chi connectivity index (χ3n) is 5.64. The molecule has 3 heterocycles. The lowest BCUT2D eigenvalue weighted by Crippen LogP contribution is -2.50. The SMILES string of the molecule is CCc1ccc(NC(=O)N2CCN(c3cc(-n4cnc(C)c4C)ncn3)CC2)cc1. The zero-order valence-electron chi connectivity index (χ0n) is 17.7. The molecule has 1 aliphatic heterocycles. The van der Waals surface area contributed by atoms with E-state index >= 15 is 0 Å². The van der Waals surface area contributed by atoms with E-state index in [4.69, 9.17) is 0 Å². The van der Waals surface area contributed by atoms with Gasteiger partial charge < -0.3 is 15.1 Å². The minimum atomic E-state index is -0.0632. The van der Waals surface area contributed by atoms with Gasteiger partial charge in [0.15, 0.2) is 0 Å². The van der Waals surface area contributed by atoms with Crippen LogP contribution in [0.5, 0.6) is 0 Å². The zero-order chi connectivity index (χ0) is 21.1. The second kappa shape index (κ2) is 8.52. The molecule has 0 saturated carbocycles. The van der Waals surface area contributed by atoms with Gasteiger partial charge in [0.2, 0.25) is 0 Å². The predicted octanol–water partition coefficient (Wildman–Crippen LogP) is 3.20. The van der Waals surface area contributed by atoms with Gasteiger partial charge in [-0.05, 0) is 38.0 Å². The lowest BCUT2D eigenvalue weighted by Gasteiger charge is -2.35. The van der Waals surface area contributed by atoms with Crippen LogP contribution >= 0.6 is 0 Å². The third-order valence-corrected chi connectivity index (χ3v) is 5.64. The Morgan fingerprint density at radius 3 is 2.33 bits per heavy atom. The molecule has 1 saturated heterocycles. The van der Waals surface area contributed by atoms with E-state index in [1.54, 1.807) is 12.7 Å². The third kappa shape index (κ3) is 4.12. The number of carbonyl (C=O) groups is 1. The molecule has 1 fully saturated rings. The molecule has 0 bridgehead atoms. The molecule has 3 aromatic rings. The van der Waals surface area contributed by atoms with Crippen LogP contribution in [0.4, 0.5) is 16.3 Å². The summed E-state index contributed by atoms with van der Waals surface area (Å²) >= 11 is 0. The lowest BCUT2D eigenvalue weighted by atomic mass is 10.1. The Labute approximate surface area is 176 Å². The number of nitrogens with one attached hydrogen (secondary N) is 1. The predicted molar refractivity (Wildman–Crippen MR) is 117 cm³/mol. The van der Waals surface area contributed by atoms with Crippen molar-refractivity contribution in [1.82, 2.24) is 24.4 Å². The molecule has 0 radical (unpaired) electrons. The zero-order valence-corrected chi connectivity index (χ0v) is 17.7. The number of aromatic nitrogens is 4. The van der Waals surface area contributed by atoms with E-state index in [2.05, 4.69) is 32.1 Å². The molecule has 0 atom stereocenters. The molecule has 0 spiro atoms. The summed E-state index contributed by atoms with van der Waals surface area (Å²) in [5.41, 5.74) is 4.13. The second-order valence-electron chi connectivity index (χ2n) is 7.47. The van der Waals surface area contributed by atoms with Crippen LogP contribution in [0.15, 0.2) is 43.0 Å². The normalized spacial score (nSPS) is 14.1. The average Bonchev–Trinajstić information content (AvgIpc) is 3.13. The van der Waals surface area contributed by atoms with E-state index < -0.39 is 0 Å². The van der Waals surface area contributed by atoms with E-state index in [-0.39, 0.29) is 6.03 Å². The Morgan fingerprint density at radius 1 is 1.00 bits per heavy atom. The number of amides is 2. The highest BCUT2D eigenvalue weighted by atomic mass is 16.2. The minimum Gasteiger partial charge on any atom is -0.353 e. The van der Waals surface area contributed by atoms with Crippen molar-refractivity contribution in [2.24, 2.45) is 0 Å². The molecule has 1 N–H and O–H groups in total. The molecule has 30 heavy (non-hydrogen) atoms. The quantitative estimate of drug-likeness (QED) is 0.721. The number of benzene rings is 1. The molecule has 0 aliphatic carbocycles. The van der Waals surface area contributed by atoms with Gasteiger partial charge >= 0.3 is 6.03 Å². The largest absolute Gasteiger partial charge is 0.353 e. The summed E-state index contributed by atoms with van der Waals surface area (Å²) in [6, 6.07) is 9.91. The van der Waals surface area contributed by atoms with Gasteiger partial charge in [0, 0.05) is 43.6 Å². The Morgan fingerprint density at radius 2 is 1.70 bits per heavy atom. The van der Waals surface area contributed by atoms with Gasteiger partial charge in [-0.25, -0.2) is 19.7 Å². The van der Waals surface area contributed by atoms with Gasteiger partial charge in [-0.15, -0.1) is 0 Å². The number of aryl methyl sites for hydroxylation is 2. The van der Waals surface area contributed by atoms with Gasteiger partial charge in [0.05, 0.1) is 5.69 Å². The van der Waals surface area contributed by atoms with Crippen LogP contribution in [0.3, 0.4) is 0 Å². The molecule has 2 amide bonds. The topological polar surface area (TPSA) is 79.2 Å². The number of hydrogen-bond acceptors (Lipinski definition) is 5. The maximum absolute atomic E-state index is 12.6. The Hall–Kier alpha value is -3.42. The number of piperazine rings is 1. The Bertz CT molecular complexity index is 1020. The van der Waals surface area contributed by atoms with Crippen molar-refractivity contribution in [2.75, 3.05) is 36.4 Å². The average molecular weight is 406 g/mol. The van der Waals surface area contributed by atoms with Gasteiger partial charge in [-0.3, -0.25) is 4.57 Å². The van der Waals surface area contributed by atoms with Gasteiger partial charge in [-0.1, -0.05) is 19.1 Å². The molecule has 1 aliphatic rings. The van der Waals surface area contributed by atoms with Crippen LogP contribution in [0.2, 0.25) is 0 Å². The summed E-state index contributed by atoms with van der Waals surface area (Å²) in [6.45, 7) is 8.85. The van der Waals surface area contributed by atoms with E-state index in [1.165, 1.54) is 5.56 Å². The van der Waals surface area contributed by atoms with Crippen LogP contribution < -0.4 is 10.2 Å². The highest BCUT2D eigenvalue weighted by molar-refractivity contribution is 5.89. The molecule has 8 heteroatoms. The summed E-state index contributed by atoms with van der Waals surface area (Å²) < 4.78 is 1.97.